The maximum absolute atomic E-state index is 13.3. The molecular weight excluding hydrogens is 404 g/mol. The van der Waals surface area contributed by atoms with Gasteiger partial charge in [-0.15, -0.1) is 11.3 Å². The molecule has 2 aromatic heterocycles. The highest BCUT2D eigenvalue weighted by Gasteiger charge is 2.31. The van der Waals surface area contributed by atoms with Gasteiger partial charge < -0.3 is 4.90 Å². The quantitative estimate of drug-likeness (QED) is 0.682. The Morgan fingerprint density at radius 1 is 1.03 bits per heavy atom. The molecule has 8 heteroatoms. The van der Waals surface area contributed by atoms with E-state index < -0.39 is 10.0 Å². The maximum Gasteiger partial charge on any atom is 0.244 e. The van der Waals surface area contributed by atoms with Gasteiger partial charge in [0.2, 0.25) is 10.0 Å². The number of hydrogen-bond acceptors (Lipinski definition) is 5. The van der Waals surface area contributed by atoms with Crippen molar-refractivity contribution in [1.29, 1.82) is 0 Å². The summed E-state index contributed by atoms with van der Waals surface area (Å²) in [5, 5.41) is 7.18. The van der Waals surface area contributed by atoms with Crippen LogP contribution in [-0.4, -0.2) is 49.1 Å². The van der Waals surface area contributed by atoms with Crippen LogP contribution >= 0.6 is 11.3 Å². The van der Waals surface area contributed by atoms with Crippen molar-refractivity contribution in [2.45, 2.75) is 32.6 Å². The van der Waals surface area contributed by atoms with Crippen LogP contribution in [0.1, 0.15) is 21.7 Å². The van der Waals surface area contributed by atoms with Gasteiger partial charge in [-0.3, -0.25) is 5.10 Å². The average molecular weight is 431 g/mol. The summed E-state index contributed by atoms with van der Waals surface area (Å²) in [6, 6.07) is 9.99. The fraction of sp³-hybridized carbons (Fsp3) is 0.381. The van der Waals surface area contributed by atoms with Crippen molar-refractivity contribution < 1.29 is 8.42 Å². The van der Waals surface area contributed by atoms with Gasteiger partial charge in [-0.05, 0) is 57.0 Å². The molecule has 0 atom stereocenters. The molecule has 1 N–H and O–H groups in total. The zero-order chi connectivity index (χ0) is 20.8. The summed E-state index contributed by atoms with van der Waals surface area (Å²) in [5.41, 5.74) is 5.46. The molecule has 3 aromatic rings. The second-order valence-corrected chi connectivity index (χ2v) is 10.7. The van der Waals surface area contributed by atoms with E-state index in [4.69, 9.17) is 0 Å². The molecule has 154 valence electrons. The molecule has 3 heterocycles. The monoisotopic (exact) mass is 430 g/mol. The highest BCUT2D eigenvalue weighted by molar-refractivity contribution is 7.89. The Balaban J connectivity index is 1.54. The average Bonchev–Trinajstić information content (AvgIpc) is 3.30. The molecule has 0 bridgehead atoms. The van der Waals surface area contributed by atoms with E-state index in [1.54, 1.807) is 10.4 Å². The lowest BCUT2D eigenvalue weighted by Gasteiger charge is -2.36. The third kappa shape index (κ3) is 3.72. The third-order valence-corrected chi connectivity index (χ3v) is 8.83. The zero-order valence-corrected chi connectivity index (χ0v) is 18.8. The number of anilines is 1. The SMILES string of the molecule is Cc1cc(-c2cc(S(=O)(=O)N3CCN(c4cccc(C)c4C)CC3)c(C)s2)n[nH]1. The summed E-state index contributed by atoms with van der Waals surface area (Å²) in [7, 11) is -3.52. The van der Waals surface area contributed by atoms with Crippen molar-refractivity contribution in [2.24, 2.45) is 0 Å². The van der Waals surface area contributed by atoms with Gasteiger partial charge in [-0.25, -0.2) is 8.42 Å². The second kappa shape index (κ2) is 7.59. The summed E-state index contributed by atoms with van der Waals surface area (Å²) in [4.78, 5) is 4.36. The number of aromatic amines is 1. The van der Waals surface area contributed by atoms with E-state index in [2.05, 4.69) is 47.1 Å². The summed E-state index contributed by atoms with van der Waals surface area (Å²) in [5.74, 6) is 0. The van der Waals surface area contributed by atoms with E-state index in [1.165, 1.54) is 28.2 Å². The van der Waals surface area contributed by atoms with Crippen molar-refractivity contribution in [3.05, 3.63) is 52.0 Å². The first-order chi connectivity index (χ1) is 13.8. The Kier molecular flexibility index (Phi) is 5.27. The summed E-state index contributed by atoms with van der Waals surface area (Å²) in [6.45, 7) is 10.4. The van der Waals surface area contributed by atoms with Gasteiger partial charge in [-0.1, -0.05) is 12.1 Å². The largest absolute Gasteiger partial charge is 0.369 e. The van der Waals surface area contributed by atoms with E-state index >= 15 is 0 Å². The van der Waals surface area contributed by atoms with E-state index in [0.717, 1.165) is 21.1 Å². The molecule has 1 aliphatic rings. The van der Waals surface area contributed by atoms with E-state index in [0.29, 0.717) is 31.1 Å². The molecular formula is C21H26N4O2S2. The van der Waals surface area contributed by atoms with Gasteiger partial charge in [0.25, 0.3) is 0 Å². The van der Waals surface area contributed by atoms with Gasteiger partial charge >= 0.3 is 0 Å². The predicted octanol–water partition coefficient (Wildman–Crippen LogP) is 3.88. The molecule has 0 radical (unpaired) electrons. The topological polar surface area (TPSA) is 69.3 Å². The minimum absolute atomic E-state index is 0.401. The molecule has 1 fully saturated rings. The Bertz CT molecular complexity index is 1140. The smallest absolute Gasteiger partial charge is 0.244 e. The van der Waals surface area contributed by atoms with Gasteiger partial charge in [-0.2, -0.15) is 9.40 Å². The van der Waals surface area contributed by atoms with Crippen LogP contribution in [0.5, 0.6) is 0 Å². The van der Waals surface area contributed by atoms with Crippen LogP contribution in [0.25, 0.3) is 10.6 Å². The Morgan fingerprint density at radius 3 is 2.41 bits per heavy atom. The molecule has 1 aromatic carbocycles. The first-order valence-corrected chi connectivity index (χ1v) is 12.0. The molecule has 1 saturated heterocycles. The van der Waals surface area contributed by atoms with Crippen molar-refractivity contribution in [3.8, 4) is 10.6 Å². The van der Waals surface area contributed by atoms with Crippen molar-refractivity contribution in [2.75, 3.05) is 31.1 Å². The molecule has 1 aliphatic heterocycles. The predicted molar refractivity (Wildman–Crippen MR) is 118 cm³/mol. The van der Waals surface area contributed by atoms with E-state index in [-0.39, 0.29) is 0 Å². The minimum Gasteiger partial charge on any atom is -0.369 e. The maximum atomic E-state index is 13.3. The van der Waals surface area contributed by atoms with Crippen LogP contribution in [0, 0.1) is 27.7 Å². The fourth-order valence-corrected chi connectivity index (χ4v) is 6.72. The summed E-state index contributed by atoms with van der Waals surface area (Å²) in [6.07, 6.45) is 0. The van der Waals surface area contributed by atoms with Crippen LogP contribution in [-0.2, 0) is 10.0 Å². The standard InChI is InChI=1S/C21H26N4O2S2/c1-14-6-5-7-19(16(14)3)24-8-10-25(11-9-24)29(26,27)21-13-20(28-17(21)4)18-12-15(2)22-23-18/h5-7,12-13H,8-11H2,1-4H3,(H,22,23). The number of benzene rings is 1. The Hall–Kier alpha value is -2.16. The number of hydrogen-bond donors (Lipinski definition) is 1. The molecule has 0 amide bonds. The highest BCUT2D eigenvalue weighted by atomic mass is 32.2. The number of rotatable bonds is 4. The Labute approximate surface area is 176 Å². The highest BCUT2D eigenvalue weighted by Crippen LogP contribution is 2.35. The minimum atomic E-state index is -3.52. The lowest BCUT2D eigenvalue weighted by atomic mass is 10.1. The molecule has 0 saturated carbocycles. The fourth-order valence-electron chi connectivity index (χ4n) is 3.78. The number of H-pyrrole nitrogens is 1. The summed E-state index contributed by atoms with van der Waals surface area (Å²) < 4.78 is 28.2. The van der Waals surface area contributed by atoms with Crippen molar-refractivity contribution in [1.82, 2.24) is 14.5 Å². The number of nitrogens with one attached hydrogen (secondary N) is 1. The first-order valence-electron chi connectivity index (χ1n) is 9.71. The van der Waals surface area contributed by atoms with Crippen LogP contribution < -0.4 is 4.90 Å². The molecule has 0 unspecified atom stereocenters. The van der Waals surface area contributed by atoms with Gasteiger partial charge in [0.05, 0.1) is 9.77 Å². The number of nitrogens with zero attached hydrogens (tertiary/aromatic N) is 3. The number of aryl methyl sites for hydroxylation is 3. The first kappa shape index (κ1) is 20.1. The van der Waals surface area contributed by atoms with Crippen LogP contribution in [0.4, 0.5) is 5.69 Å². The van der Waals surface area contributed by atoms with Gasteiger partial charge in [0, 0.05) is 42.4 Å². The summed E-state index contributed by atoms with van der Waals surface area (Å²) >= 11 is 1.47. The van der Waals surface area contributed by atoms with Crippen LogP contribution in [0.3, 0.4) is 0 Å². The third-order valence-electron chi connectivity index (χ3n) is 5.60. The van der Waals surface area contributed by atoms with Crippen molar-refractivity contribution in [3.63, 3.8) is 0 Å². The number of piperazine rings is 1. The number of thiophene rings is 1. The van der Waals surface area contributed by atoms with E-state index in [9.17, 15) is 8.42 Å². The molecule has 0 spiro atoms. The molecule has 0 aliphatic carbocycles. The van der Waals surface area contributed by atoms with Crippen LogP contribution in [0.2, 0.25) is 0 Å². The second-order valence-electron chi connectivity index (χ2n) is 7.58. The van der Waals surface area contributed by atoms with E-state index in [1.807, 2.05) is 19.9 Å². The molecule has 4 rings (SSSR count). The van der Waals surface area contributed by atoms with Crippen molar-refractivity contribution >= 4 is 27.0 Å². The molecule has 6 nitrogen and oxygen atoms in total. The lowest BCUT2D eigenvalue weighted by Crippen LogP contribution is -2.48. The number of aromatic nitrogens is 2. The normalized spacial score (nSPS) is 15.8. The Morgan fingerprint density at radius 2 is 1.76 bits per heavy atom. The number of sulfonamides is 1. The van der Waals surface area contributed by atoms with Gasteiger partial charge in [0.15, 0.2) is 0 Å². The zero-order valence-electron chi connectivity index (χ0n) is 17.2. The molecule has 29 heavy (non-hydrogen) atoms. The van der Waals surface area contributed by atoms with Crippen LogP contribution in [0.15, 0.2) is 35.2 Å². The van der Waals surface area contributed by atoms with Gasteiger partial charge in [0.1, 0.15) is 5.69 Å². The lowest BCUT2D eigenvalue weighted by molar-refractivity contribution is 0.384.